The quantitative estimate of drug-likeness (QED) is 0.836. The molecule has 2 aliphatic rings. The van der Waals surface area contributed by atoms with Crippen molar-refractivity contribution in [1.29, 1.82) is 0 Å². The molecule has 5 nitrogen and oxygen atoms in total. The van der Waals surface area contributed by atoms with Crippen LogP contribution in [-0.2, 0) is 11.2 Å². The Morgan fingerprint density at radius 2 is 2.00 bits per heavy atom. The fourth-order valence-corrected chi connectivity index (χ4v) is 3.22. The van der Waals surface area contributed by atoms with E-state index >= 15 is 0 Å². The molecule has 1 saturated heterocycles. The Balaban J connectivity index is 1.50. The normalized spacial score (nSPS) is 19.3. The van der Waals surface area contributed by atoms with Crippen molar-refractivity contribution in [1.82, 2.24) is 14.9 Å². The summed E-state index contributed by atoms with van der Waals surface area (Å²) in [4.78, 5) is 25.0. The van der Waals surface area contributed by atoms with Crippen molar-refractivity contribution in [3.8, 4) is 0 Å². The van der Waals surface area contributed by atoms with Crippen molar-refractivity contribution in [2.24, 2.45) is 11.8 Å². The molecule has 2 heterocycles. The van der Waals surface area contributed by atoms with E-state index in [1.165, 1.54) is 0 Å². The number of piperidine rings is 1. The zero-order valence-electron chi connectivity index (χ0n) is 13.7. The van der Waals surface area contributed by atoms with Crippen LogP contribution >= 0.6 is 0 Å². The van der Waals surface area contributed by atoms with Crippen molar-refractivity contribution in [3.05, 3.63) is 18.1 Å². The highest BCUT2D eigenvalue weighted by Crippen LogP contribution is 2.31. The van der Waals surface area contributed by atoms with Gasteiger partial charge in [0.2, 0.25) is 5.91 Å². The molecule has 0 radical (unpaired) electrons. The monoisotopic (exact) mass is 302 g/mol. The standard InChI is InChI=1S/C17H26N4O/c1-3-15-10-16(19-12-18-15)21-8-6-13(7-9-21)11-20(2)17(22)14-4-5-14/h10,12-14H,3-9,11H2,1-2H3. The maximum absolute atomic E-state index is 12.0. The third-order valence-corrected chi connectivity index (χ3v) is 4.84. The first-order valence-corrected chi connectivity index (χ1v) is 8.48. The van der Waals surface area contributed by atoms with Gasteiger partial charge in [-0.2, -0.15) is 0 Å². The molecule has 1 aromatic rings. The number of rotatable bonds is 5. The largest absolute Gasteiger partial charge is 0.356 e. The lowest BCUT2D eigenvalue weighted by molar-refractivity contribution is -0.131. The second-order valence-electron chi connectivity index (χ2n) is 6.64. The van der Waals surface area contributed by atoms with Crippen molar-refractivity contribution in [2.75, 3.05) is 31.6 Å². The molecule has 1 saturated carbocycles. The molecule has 5 heteroatoms. The molecule has 0 spiro atoms. The molecule has 0 N–H and O–H groups in total. The number of carbonyl (C=O) groups is 1. The predicted molar refractivity (Wildman–Crippen MR) is 86.7 cm³/mol. The maximum Gasteiger partial charge on any atom is 0.225 e. The number of anilines is 1. The van der Waals surface area contributed by atoms with Gasteiger partial charge in [-0.15, -0.1) is 0 Å². The highest BCUT2D eigenvalue weighted by atomic mass is 16.2. The van der Waals surface area contributed by atoms with Gasteiger partial charge in [0.1, 0.15) is 12.1 Å². The van der Waals surface area contributed by atoms with E-state index in [9.17, 15) is 4.79 Å². The van der Waals surface area contributed by atoms with Gasteiger partial charge in [-0.25, -0.2) is 9.97 Å². The van der Waals surface area contributed by atoms with Crippen molar-refractivity contribution in [3.63, 3.8) is 0 Å². The molecule has 120 valence electrons. The Morgan fingerprint density at radius 1 is 1.27 bits per heavy atom. The van der Waals surface area contributed by atoms with Crippen LogP contribution in [0.3, 0.4) is 0 Å². The summed E-state index contributed by atoms with van der Waals surface area (Å²) in [6.07, 6.45) is 7.06. The minimum Gasteiger partial charge on any atom is -0.356 e. The predicted octanol–water partition coefficient (Wildman–Crippen LogP) is 2.12. The average Bonchev–Trinajstić information content (AvgIpc) is 3.40. The summed E-state index contributed by atoms with van der Waals surface area (Å²) in [5, 5.41) is 0. The van der Waals surface area contributed by atoms with E-state index in [2.05, 4.69) is 27.9 Å². The minimum absolute atomic E-state index is 0.332. The van der Waals surface area contributed by atoms with Gasteiger partial charge in [0.05, 0.1) is 0 Å². The van der Waals surface area contributed by atoms with E-state index in [1.54, 1.807) is 6.33 Å². The lowest BCUT2D eigenvalue weighted by Crippen LogP contribution is -2.40. The average molecular weight is 302 g/mol. The first kappa shape index (κ1) is 15.3. The molecule has 1 aliphatic heterocycles. The maximum atomic E-state index is 12.0. The van der Waals surface area contributed by atoms with E-state index in [0.29, 0.717) is 17.7 Å². The zero-order valence-corrected chi connectivity index (χ0v) is 13.7. The van der Waals surface area contributed by atoms with Crippen molar-refractivity contribution >= 4 is 11.7 Å². The van der Waals surface area contributed by atoms with Gasteiger partial charge >= 0.3 is 0 Å². The lowest BCUT2D eigenvalue weighted by Gasteiger charge is -2.34. The second-order valence-corrected chi connectivity index (χ2v) is 6.64. The van der Waals surface area contributed by atoms with E-state index in [-0.39, 0.29) is 0 Å². The Morgan fingerprint density at radius 3 is 2.64 bits per heavy atom. The van der Waals surface area contributed by atoms with Gasteiger partial charge < -0.3 is 9.80 Å². The molecule has 2 fully saturated rings. The Labute approximate surface area is 132 Å². The topological polar surface area (TPSA) is 49.3 Å². The number of aryl methyl sites for hydroxylation is 1. The van der Waals surface area contributed by atoms with Gasteiger partial charge in [-0.3, -0.25) is 4.79 Å². The van der Waals surface area contributed by atoms with Gasteiger partial charge in [0.25, 0.3) is 0 Å². The van der Waals surface area contributed by atoms with Gasteiger partial charge in [-0.1, -0.05) is 6.92 Å². The van der Waals surface area contributed by atoms with Gasteiger partial charge in [0, 0.05) is 44.4 Å². The van der Waals surface area contributed by atoms with Gasteiger partial charge in [0.15, 0.2) is 0 Å². The van der Waals surface area contributed by atoms with Crippen LogP contribution in [0.5, 0.6) is 0 Å². The molecule has 22 heavy (non-hydrogen) atoms. The molecule has 0 unspecified atom stereocenters. The smallest absolute Gasteiger partial charge is 0.225 e. The third kappa shape index (κ3) is 3.57. The molecule has 1 amide bonds. The number of carbonyl (C=O) groups excluding carboxylic acids is 1. The fourth-order valence-electron chi connectivity index (χ4n) is 3.22. The van der Waals surface area contributed by atoms with E-state index < -0.39 is 0 Å². The highest BCUT2D eigenvalue weighted by molar-refractivity contribution is 5.80. The summed E-state index contributed by atoms with van der Waals surface area (Å²) >= 11 is 0. The molecule has 0 bridgehead atoms. The number of nitrogens with zero attached hydrogens (tertiary/aromatic N) is 4. The summed E-state index contributed by atoms with van der Waals surface area (Å²) in [6, 6.07) is 2.10. The number of amides is 1. The zero-order chi connectivity index (χ0) is 15.5. The van der Waals surface area contributed by atoms with Gasteiger partial charge in [-0.05, 0) is 38.0 Å². The molecule has 1 aliphatic carbocycles. The molecule has 1 aromatic heterocycles. The van der Waals surface area contributed by atoms with Crippen LogP contribution < -0.4 is 4.90 Å². The van der Waals surface area contributed by atoms with Crippen LogP contribution in [0.25, 0.3) is 0 Å². The Bertz CT molecular complexity index is 521. The first-order chi connectivity index (χ1) is 10.7. The molecule has 3 rings (SSSR count). The second kappa shape index (κ2) is 6.63. The number of hydrogen-bond donors (Lipinski definition) is 0. The minimum atomic E-state index is 0.332. The molecule has 0 aromatic carbocycles. The summed E-state index contributed by atoms with van der Waals surface area (Å²) in [7, 11) is 1.96. The lowest BCUT2D eigenvalue weighted by atomic mass is 9.96. The van der Waals surface area contributed by atoms with Crippen LogP contribution in [0.1, 0.15) is 38.3 Å². The number of hydrogen-bond acceptors (Lipinski definition) is 4. The van der Waals surface area contributed by atoms with E-state index in [1.807, 2.05) is 11.9 Å². The van der Waals surface area contributed by atoms with Crippen LogP contribution in [0.2, 0.25) is 0 Å². The summed E-state index contributed by atoms with van der Waals surface area (Å²) in [6.45, 7) is 5.07. The van der Waals surface area contributed by atoms with Crippen LogP contribution in [0.4, 0.5) is 5.82 Å². The Hall–Kier alpha value is -1.65. The third-order valence-electron chi connectivity index (χ3n) is 4.84. The summed E-state index contributed by atoms with van der Waals surface area (Å²) in [5.41, 5.74) is 1.10. The molecular formula is C17H26N4O. The van der Waals surface area contributed by atoms with E-state index in [4.69, 9.17) is 0 Å². The van der Waals surface area contributed by atoms with Crippen LogP contribution in [0.15, 0.2) is 12.4 Å². The number of aromatic nitrogens is 2. The van der Waals surface area contributed by atoms with Crippen molar-refractivity contribution in [2.45, 2.75) is 39.0 Å². The van der Waals surface area contributed by atoms with Crippen molar-refractivity contribution < 1.29 is 4.79 Å². The molecule has 0 atom stereocenters. The summed E-state index contributed by atoms with van der Waals surface area (Å²) in [5.74, 6) is 2.36. The summed E-state index contributed by atoms with van der Waals surface area (Å²) < 4.78 is 0. The van der Waals surface area contributed by atoms with Crippen LogP contribution in [0, 0.1) is 11.8 Å². The first-order valence-electron chi connectivity index (χ1n) is 8.48. The Kier molecular flexibility index (Phi) is 4.60. The molecular weight excluding hydrogens is 276 g/mol. The highest BCUT2D eigenvalue weighted by Gasteiger charge is 2.33. The fraction of sp³-hybridized carbons (Fsp3) is 0.706. The van der Waals surface area contributed by atoms with E-state index in [0.717, 1.165) is 63.3 Å². The SMILES string of the molecule is CCc1cc(N2CCC(CN(C)C(=O)C3CC3)CC2)ncn1. The van der Waals surface area contributed by atoms with Crippen LogP contribution in [-0.4, -0.2) is 47.5 Å².